The molecule has 1 aromatic carbocycles. The SMILES string of the molecule is CCCC(C)C(=O)Nc1cc(SC(C)C(=O)OC(C)CC)c(Cl)cc1F. The maximum Gasteiger partial charge on any atom is 0.319 e. The molecule has 3 atom stereocenters. The van der Waals surface area contributed by atoms with Crippen LogP contribution in [0.1, 0.15) is 53.9 Å². The summed E-state index contributed by atoms with van der Waals surface area (Å²) >= 11 is 7.28. The molecule has 146 valence electrons. The summed E-state index contributed by atoms with van der Waals surface area (Å²) < 4.78 is 19.5. The highest BCUT2D eigenvalue weighted by molar-refractivity contribution is 8.00. The summed E-state index contributed by atoms with van der Waals surface area (Å²) in [6, 6.07) is 2.61. The Morgan fingerprint density at radius 2 is 1.92 bits per heavy atom. The van der Waals surface area contributed by atoms with E-state index in [2.05, 4.69) is 5.32 Å². The summed E-state index contributed by atoms with van der Waals surface area (Å²) in [5, 5.41) is 2.29. The van der Waals surface area contributed by atoms with Crippen LogP contribution in [0.4, 0.5) is 10.1 Å². The number of esters is 1. The molecule has 1 amide bonds. The molecule has 1 rings (SSSR count). The monoisotopic (exact) mass is 403 g/mol. The molecule has 0 saturated heterocycles. The maximum absolute atomic E-state index is 14.2. The Hall–Kier alpha value is -1.27. The van der Waals surface area contributed by atoms with Gasteiger partial charge >= 0.3 is 5.97 Å². The Kier molecular flexibility index (Phi) is 9.44. The van der Waals surface area contributed by atoms with Crippen LogP contribution in [0.15, 0.2) is 17.0 Å². The fraction of sp³-hybridized carbons (Fsp3) is 0.579. The van der Waals surface area contributed by atoms with Crippen molar-refractivity contribution in [3.8, 4) is 0 Å². The normalized spacial score (nSPS) is 14.4. The zero-order valence-corrected chi connectivity index (χ0v) is 17.5. The second kappa shape index (κ2) is 10.8. The van der Waals surface area contributed by atoms with Crippen LogP contribution in [0.2, 0.25) is 5.02 Å². The van der Waals surface area contributed by atoms with E-state index in [4.69, 9.17) is 16.3 Å². The van der Waals surface area contributed by atoms with Gasteiger partial charge < -0.3 is 10.1 Å². The zero-order chi connectivity index (χ0) is 19.9. The molecule has 0 saturated carbocycles. The molecular formula is C19H27ClFNO3S. The quantitative estimate of drug-likeness (QED) is 0.426. The minimum absolute atomic E-state index is 0.0624. The lowest BCUT2D eigenvalue weighted by Gasteiger charge is -2.17. The predicted molar refractivity (Wildman–Crippen MR) is 105 cm³/mol. The van der Waals surface area contributed by atoms with Gasteiger partial charge in [-0.1, -0.05) is 38.8 Å². The first-order valence-corrected chi connectivity index (χ1v) is 10.1. The molecule has 0 fully saturated rings. The van der Waals surface area contributed by atoms with Crippen molar-refractivity contribution in [3.05, 3.63) is 23.0 Å². The molecule has 0 aromatic heterocycles. The van der Waals surface area contributed by atoms with Crippen molar-refractivity contribution in [2.45, 2.75) is 70.1 Å². The number of benzene rings is 1. The lowest BCUT2D eigenvalue weighted by molar-refractivity contribution is -0.147. The molecule has 1 aromatic rings. The lowest BCUT2D eigenvalue weighted by Crippen LogP contribution is -2.22. The minimum atomic E-state index is -0.605. The molecular weight excluding hydrogens is 377 g/mol. The lowest BCUT2D eigenvalue weighted by atomic mass is 10.1. The van der Waals surface area contributed by atoms with Crippen LogP contribution in [-0.4, -0.2) is 23.2 Å². The van der Waals surface area contributed by atoms with Crippen molar-refractivity contribution in [2.75, 3.05) is 5.32 Å². The van der Waals surface area contributed by atoms with Crippen molar-refractivity contribution in [3.63, 3.8) is 0 Å². The highest BCUT2D eigenvalue weighted by atomic mass is 35.5. The summed E-state index contributed by atoms with van der Waals surface area (Å²) in [5.74, 6) is -1.41. The molecule has 0 aliphatic heterocycles. The molecule has 0 aliphatic carbocycles. The van der Waals surface area contributed by atoms with E-state index in [1.165, 1.54) is 17.8 Å². The van der Waals surface area contributed by atoms with E-state index in [0.717, 1.165) is 25.3 Å². The smallest absolute Gasteiger partial charge is 0.319 e. The average Bonchev–Trinajstić information content (AvgIpc) is 2.58. The van der Waals surface area contributed by atoms with E-state index in [1.54, 1.807) is 13.8 Å². The van der Waals surface area contributed by atoms with Gasteiger partial charge in [0.25, 0.3) is 0 Å². The highest BCUT2D eigenvalue weighted by Crippen LogP contribution is 2.35. The number of rotatable bonds is 9. The Morgan fingerprint density at radius 1 is 1.27 bits per heavy atom. The number of anilines is 1. The van der Waals surface area contributed by atoms with Crippen LogP contribution in [0.25, 0.3) is 0 Å². The first kappa shape index (κ1) is 22.8. The first-order valence-electron chi connectivity index (χ1n) is 8.86. The van der Waals surface area contributed by atoms with Crippen LogP contribution in [0.3, 0.4) is 0 Å². The fourth-order valence-corrected chi connectivity index (χ4v) is 3.33. The van der Waals surface area contributed by atoms with Gasteiger partial charge in [-0.05, 0) is 38.8 Å². The molecule has 3 unspecified atom stereocenters. The number of hydrogen-bond acceptors (Lipinski definition) is 4. The second-order valence-electron chi connectivity index (χ2n) is 6.36. The van der Waals surface area contributed by atoms with Crippen molar-refractivity contribution in [2.24, 2.45) is 5.92 Å². The van der Waals surface area contributed by atoms with Crippen LogP contribution >= 0.6 is 23.4 Å². The summed E-state index contributed by atoms with van der Waals surface area (Å²) in [6.07, 6.45) is 2.16. The summed E-state index contributed by atoms with van der Waals surface area (Å²) in [4.78, 5) is 24.7. The van der Waals surface area contributed by atoms with Crippen LogP contribution in [0.5, 0.6) is 0 Å². The van der Waals surface area contributed by atoms with Gasteiger partial charge in [0.2, 0.25) is 5.91 Å². The topological polar surface area (TPSA) is 55.4 Å². The summed E-state index contributed by atoms with van der Waals surface area (Å²) in [7, 11) is 0. The van der Waals surface area contributed by atoms with E-state index in [1.807, 2.05) is 20.8 Å². The van der Waals surface area contributed by atoms with Gasteiger partial charge in [0, 0.05) is 10.8 Å². The van der Waals surface area contributed by atoms with Crippen LogP contribution < -0.4 is 5.32 Å². The average molecular weight is 404 g/mol. The van der Waals surface area contributed by atoms with Crippen molar-refractivity contribution >= 4 is 40.9 Å². The zero-order valence-electron chi connectivity index (χ0n) is 15.9. The standard InChI is InChI=1S/C19H27ClFNO3S/c1-6-8-11(3)18(23)22-16-10-17(14(20)9-15(16)21)26-13(5)19(24)25-12(4)7-2/h9-13H,6-8H2,1-5H3,(H,22,23). The van der Waals surface area contributed by atoms with Crippen molar-refractivity contribution in [1.29, 1.82) is 0 Å². The molecule has 1 N–H and O–H groups in total. The number of amides is 1. The number of carbonyl (C=O) groups excluding carboxylic acids is 2. The van der Waals surface area contributed by atoms with E-state index in [9.17, 15) is 14.0 Å². The van der Waals surface area contributed by atoms with Crippen molar-refractivity contribution < 1.29 is 18.7 Å². The minimum Gasteiger partial charge on any atom is -0.462 e. The van der Waals surface area contributed by atoms with Gasteiger partial charge in [-0.15, -0.1) is 11.8 Å². The second-order valence-corrected chi connectivity index (χ2v) is 8.15. The number of nitrogens with one attached hydrogen (secondary N) is 1. The largest absolute Gasteiger partial charge is 0.462 e. The van der Waals surface area contributed by atoms with Gasteiger partial charge in [-0.3, -0.25) is 9.59 Å². The van der Waals surface area contributed by atoms with Crippen LogP contribution in [0, 0.1) is 11.7 Å². The third-order valence-electron chi connectivity index (χ3n) is 3.98. The molecule has 7 heteroatoms. The molecule has 0 heterocycles. The van der Waals surface area contributed by atoms with Gasteiger partial charge in [0.05, 0.1) is 16.8 Å². The Bertz CT molecular complexity index is 641. The first-order chi connectivity index (χ1) is 12.2. The Balaban J connectivity index is 2.90. The highest BCUT2D eigenvalue weighted by Gasteiger charge is 2.21. The fourth-order valence-electron chi connectivity index (χ4n) is 2.15. The molecule has 0 bridgehead atoms. The van der Waals surface area contributed by atoms with Crippen molar-refractivity contribution in [1.82, 2.24) is 0 Å². The number of ether oxygens (including phenoxy) is 1. The number of carbonyl (C=O) groups is 2. The molecule has 0 radical (unpaired) electrons. The number of thioether (sulfide) groups is 1. The van der Waals surface area contributed by atoms with E-state index in [-0.39, 0.29) is 34.6 Å². The maximum atomic E-state index is 14.2. The molecule has 0 aliphatic rings. The molecule has 0 spiro atoms. The van der Waals surface area contributed by atoms with E-state index in [0.29, 0.717) is 4.90 Å². The van der Waals surface area contributed by atoms with E-state index < -0.39 is 11.1 Å². The Labute approximate surface area is 164 Å². The third kappa shape index (κ3) is 6.80. The van der Waals surface area contributed by atoms with Crippen LogP contribution in [-0.2, 0) is 14.3 Å². The molecule has 26 heavy (non-hydrogen) atoms. The predicted octanol–water partition coefficient (Wildman–Crippen LogP) is 5.68. The summed E-state index contributed by atoms with van der Waals surface area (Å²) in [5.41, 5.74) is 0.0624. The summed E-state index contributed by atoms with van der Waals surface area (Å²) in [6.45, 7) is 9.25. The van der Waals surface area contributed by atoms with Gasteiger partial charge in [0.15, 0.2) is 0 Å². The Morgan fingerprint density at radius 3 is 2.50 bits per heavy atom. The third-order valence-corrected chi connectivity index (χ3v) is 5.54. The molecule has 4 nitrogen and oxygen atoms in total. The van der Waals surface area contributed by atoms with Gasteiger partial charge in [-0.2, -0.15) is 0 Å². The van der Waals surface area contributed by atoms with E-state index >= 15 is 0 Å². The van der Waals surface area contributed by atoms with Gasteiger partial charge in [-0.25, -0.2) is 4.39 Å². The number of halogens is 2. The number of hydrogen-bond donors (Lipinski definition) is 1. The van der Waals surface area contributed by atoms with Gasteiger partial charge in [0.1, 0.15) is 11.1 Å².